The van der Waals surface area contributed by atoms with Crippen molar-refractivity contribution in [3.05, 3.63) is 35.1 Å². The van der Waals surface area contributed by atoms with Gasteiger partial charge >= 0.3 is 6.01 Å². The number of benzene rings is 1. The Morgan fingerprint density at radius 2 is 1.79 bits per heavy atom. The molecule has 128 valence electrons. The summed E-state index contributed by atoms with van der Waals surface area (Å²) in [6.07, 6.45) is 0.726. The molecule has 0 atom stereocenters. The second-order valence-corrected chi connectivity index (χ2v) is 6.09. The second kappa shape index (κ2) is 7.63. The van der Waals surface area contributed by atoms with E-state index < -0.39 is 0 Å². The maximum atomic E-state index is 5.95. The van der Waals surface area contributed by atoms with Gasteiger partial charge in [-0.1, -0.05) is 11.6 Å². The highest BCUT2D eigenvalue weighted by Crippen LogP contribution is 2.19. The Bertz CT molecular complexity index is 673. The summed E-state index contributed by atoms with van der Waals surface area (Å²) in [5, 5.41) is 0.768. The Morgan fingerprint density at radius 3 is 2.46 bits per heavy atom. The van der Waals surface area contributed by atoms with Crippen molar-refractivity contribution in [2.75, 3.05) is 50.5 Å². The Morgan fingerprint density at radius 1 is 1.08 bits per heavy atom. The quantitative estimate of drug-likeness (QED) is 0.876. The van der Waals surface area contributed by atoms with Crippen LogP contribution in [-0.4, -0.2) is 59.7 Å². The molecule has 0 radical (unpaired) electrons. The fourth-order valence-corrected chi connectivity index (χ4v) is 2.88. The highest BCUT2D eigenvalue weighted by atomic mass is 35.5. The number of anilines is 2. The zero-order valence-corrected chi connectivity index (χ0v) is 14.4. The zero-order valence-electron chi connectivity index (χ0n) is 13.7. The number of halogens is 1. The molecule has 2 heterocycles. The molecule has 8 heteroatoms. The van der Waals surface area contributed by atoms with Crippen molar-refractivity contribution in [3.63, 3.8) is 0 Å². The average molecular weight is 349 g/mol. The first-order chi connectivity index (χ1) is 11.6. The van der Waals surface area contributed by atoms with Crippen LogP contribution >= 0.6 is 11.6 Å². The van der Waals surface area contributed by atoms with Gasteiger partial charge in [-0.2, -0.15) is 15.0 Å². The molecule has 2 aromatic rings. The lowest BCUT2D eigenvalue weighted by atomic mass is 10.2. The van der Waals surface area contributed by atoms with Crippen LogP contribution in [0.5, 0.6) is 6.01 Å². The van der Waals surface area contributed by atoms with Gasteiger partial charge in [0.2, 0.25) is 5.95 Å². The van der Waals surface area contributed by atoms with Crippen molar-refractivity contribution < 1.29 is 4.74 Å². The highest BCUT2D eigenvalue weighted by molar-refractivity contribution is 6.30. The van der Waals surface area contributed by atoms with Gasteiger partial charge in [0, 0.05) is 49.9 Å². The Kier molecular flexibility index (Phi) is 5.32. The molecule has 1 aliphatic heterocycles. The number of piperazine rings is 1. The summed E-state index contributed by atoms with van der Waals surface area (Å²) in [6.45, 7) is 4.87. The lowest BCUT2D eigenvalue weighted by Crippen LogP contribution is -2.47. The van der Waals surface area contributed by atoms with E-state index in [1.165, 1.54) is 12.8 Å². The minimum Gasteiger partial charge on any atom is -0.467 e. The topological polar surface area (TPSA) is 80.4 Å². The van der Waals surface area contributed by atoms with Gasteiger partial charge in [-0.05, 0) is 24.3 Å². The summed E-state index contributed by atoms with van der Waals surface area (Å²) in [5.41, 5.74) is 6.88. The summed E-state index contributed by atoms with van der Waals surface area (Å²) >= 11 is 5.95. The van der Waals surface area contributed by atoms with Crippen molar-refractivity contribution in [1.82, 2.24) is 19.9 Å². The van der Waals surface area contributed by atoms with Gasteiger partial charge in [-0.25, -0.2) is 0 Å². The van der Waals surface area contributed by atoms with Gasteiger partial charge in [0.05, 0.1) is 7.11 Å². The largest absolute Gasteiger partial charge is 0.467 e. The van der Waals surface area contributed by atoms with Gasteiger partial charge in [0.15, 0.2) is 0 Å². The number of methoxy groups -OCH3 is 1. The molecule has 1 fully saturated rings. The Labute approximate surface area is 146 Å². The molecular weight excluding hydrogens is 328 g/mol. The van der Waals surface area contributed by atoms with Gasteiger partial charge < -0.3 is 15.4 Å². The van der Waals surface area contributed by atoms with E-state index in [0.717, 1.165) is 44.2 Å². The van der Waals surface area contributed by atoms with Crippen LogP contribution in [0, 0.1) is 0 Å². The maximum absolute atomic E-state index is 5.95. The average Bonchev–Trinajstić information content (AvgIpc) is 2.60. The number of ether oxygens (including phenoxy) is 1. The molecule has 0 bridgehead atoms. The van der Waals surface area contributed by atoms with Gasteiger partial charge in [-0.15, -0.1) is 0 Å². The first-order valence-electron chi connectivity index (χ1n) is 7.91. The fourth-order valence-electron chi connectivity index (χ4n) is 2.76. The Balaban J connectivity index is 1.50. The van der Waals surface area contributed by atoms with Crippen molar-refractivity contribution in [3.8, 4) is 6.01 Å². The monoisotopic (exact) mass is 348 g/mol. The van der Waals surface area contributed by atoms with Crippen LogP contribution in [0.1, 0.15) is 5.82 Å². The Hall–Kier alpha value is -2.12. The lowest BCUT2D eigenvalue weighted by molar-refractivity contribution is 0.259. The third-order valence-electron chi connectivity index (χ3n) is 4.08. The van der Waals surface area contributed by atoms with Crippen LogP contribution in [0.2, 0.25) is 5.02 Å². The maximum Gasteiger partial charge on any atom is 0.321 e. The number of rotatable bonds is 5. The van der Waals surface area contributed by atoms with E-state index in [9.17, 15) is 0 Å². The van der Waals surface area contributed by atoms with Crippen LogP contribution in [0.25, 0.3) is 0 Å². The van der Waals surface area contributed by atoms with Gasteiger partial charge in [0.1, 0.15) is 5.82 Å². The standard InChI is InChI=1S/C16H21ClN6O/c1-24-16-20-14(19-15(18)21-16)6-7-22-8-10-23(11-9-22)13-4-2-12(17)3-5-13/h2-5H,6-11H2,1H3,(H2,18,19,20,21). The third kappa shape index (κ3) is 4.24. The van der Waals surface area contributed by atoms with Crippen LogP contribution < -0.4 is 15.4 Å². The molecule has 1 aromatic heterocycles. The third-order valence-corrected chi connectivity index (χ3v) is 4.33. The van der Waals surface area contributed by atoms with Crippen LogP contribution in [0.3, 0.4) is 0 Å². The number of hydrogen-bond acceptors (Lipinski definition) is 7. The number of nitrogens with zero attached hydrogens (tertiary/aromatic N) is 5. The molecule has 24 heavy (non-hydrogen) atoms. The lowest BCUT2D eigenvalue weighted by Gasteiger charge is -2.36. The van der Waals surface area contributed by atoms with E-state index >= 15 is 0 Å². The molecule has 2 N–H and O–H groups in total. The molecule has 0 aliphatic carbocycles. The smallest absolute Gasteiger partial charge is 0.321 e. The van der Waals surface area contributed by atoms with E-state index in [0.29, 0.717) is 5.82 Å². The first kappa shape index (κ1) is 16.7. The van der Waals surface area contributed by atoms with Crippen molar-refractivity contribution in [2.45, 2.75) is 6.42 Å². The summed E-state index contributed by atoms with van der Waals surface area (Å²) in [5.74, 6) is 0.865. The molecule has 1 aromatic carbocycles. The molecule has 3 rings (SSSR count). The summed E-state index contributed by atoms with van der Waals surface area (Å²) in [4.78, 5) is 17.1. The summed E-state index contributed by atoms with van der Waals surface area (Å²) < 4.78 is 5.03. The first-order valence-corrected chi connectivity index (χ1v) is 8.29. The number of nitrogen functional groups attached to an aromatic ring is 1. The molecule has 7 nitrogen and oxygen atoms in total. The fraction of sp³-hybridized carbons (Fsp3) is 0.438. The van der Waals surface area contributed by atoms with E-state index in [4.69, 9.17) is 22.1 Å². The van der Waals surface area contributed by atoms with Crippen LogP contribution in [0.4, 0.5) is 11.6 Å². The van der Waals surface area contributed by atoms with Crippen molar-refractivity contribution in [1.29, 1.82) is 0 Å². The molecule has 0 spiro atoms. The molecule has 0 unspecified atom stereocenters. The molecular formula is C16H21ClN6O. The number of aromatic nitrogens is 3. The van der Waals surface area contributed by atoms with Crippen LogP contribution in [0.15, 0.2) is 24.3 Å². The molecule has 0 amide bonds. The predicted octanol–water partition coefficient (Wildman–Crippen LogP) is 1.48. The van der Waals surface area contributed by atoms with E-state index in [1.807, 2.05) is 12.1 Å². The summed E-state index contributed by atoms with van der Waals surface area (Å²) in [6, 6.07) is 8.27. The minimum atomic E-state index is 0.199. The van der Waals surface area contributed by atoms with Crippen LogP contribution in [-0.2, 0) is 6.42 Å². The normalized spacial score (nSPS) is 15.5. The zero-order chi connectivity index (χ0) is 16.9. The van der Waals surface area contributed by atoms with Gasteiger partial charge in [-0.3, -0.25) is 4.90 Å². The second-order valence-electron chi connectivity index (χ2n) is 5.65. The molecule has 1 aliphatic rings. The number of hydrogen-bond donors (Lipinski definition) is 1. The van der Waals surface area contributed by atoms with Gasteiger partial charge in [0.25, 0.3) is 0 Å². The summed E-state index contributed by atoms with van der Waals surface area (Å²) in [7, 11) is 1.52. The minimum absolute atomic E-state index is 0.199. The van der Waals surface area contributed by atoms with E-state index in [1.54, 1.807) is 0 Å². The van der Waals surface area contributed by atoms with E-state index in [2.05, 4.69) is 36.9 Å². The molecule has 0 saturated carbocycles. The highest BCUT2D eigenvalue weighted by Gasteiger charge is 2.17. The number of nitrogens with two attached hydrogens (primary N) is 1. The molecule has 1 saturated heterocycles. The van der Waals surface area contributed by atoms with Crippen molar-refractivity contribution >= 4 is 23.2 Å². The van der Waals surface area contributed by atoms with E-state index in [-0.39, 0.29) is 12.0 Å². The SMILES string of the molecule is COc1nc(N)nc(CCN2CCN(c3ccc(Cl)cc3)CC2)n1. The predicted molar refractivity (Wildman–Crippen MR) is 94.6 cm³/mol. The van der Waals surface area contributed by atoms with Crippen molar-refractivity contribution in [2.24, 2.45) is 0 Å².